The summed E-state index contributed by atoms with van der Waals surface area (Å²) >= 11 is 0. The highest BCUT2D eigenvalue weighted by atomic mass is 19.1. The molecule has 0 saturated carbocycles. The minimum atomic E-state index is -1.50. The molecule has 1 aromatic carbocycles. The van der Waals surface area contributed by atoms with Gasteiger partial charge in [0.15, 0.2) is 0 Å². The van der Waals surface area contributed by atoms with Crippen LogP contribution in [0.15, 0.2) is 17.2 Å². The minimum absolute atomic E-state index is 0.327. The van der Waals surface area contributed by atoms with E-state index in [1.807, 2.05) is 0 Å². The zero-order chi connectivity index (χ0) is 10.7. The molecule has 7 heteroatoms. The highest BCUT2D eigenvalue weighted by molar-refractivity contribution is 5.89. The van der Waals surface area contributed by atoms with E-state index in [0.717, 1.165) is 6.07 Å². The molecule has 14 heavy (non-hydrogen) atoms. The van der Waals surface area contributed by atoms with E-state index in [-0.39, 0.29) is 5.69 Å². The van der Waals surface area contributed by atoms with Crippen molar-refractivity contribution in [2.45, 2.75) is 0 Å². The number of phenolic OH excluding ortho intramolecular Hbond substituents is 1. The lowest BCUT2D eigenvalue weighted by molar-refractivity contribution is 0.0692. The molecule has 0 heterocycles. The number of halogens is 1. The first-order chi connectivity index (χ1) is 6.56. The summed E-state index contributed by atoms with van der Waals surface area (Å²) in [5.74, 6) is -3.20. The van der Waals surface area contributed by atoms with Gasteiger partial charge in [-0.15, -0.1) is 0 Å². The Morgan fingerprint density at radius 2 is 2.21 bits per heavy atom. The third-order valence-electron chi connectivity index (χ3n) is 1.45. The summed E-state index contributed by atoms with van der Waals surface area (Å²) in [6.45, 7) is 0. The van der Waals surface area contributed by atoms with E-state index in [2.05, 4.69) is 10.0 Å². The lowest BCUT2D eigenvalue weighted by atomic mass is 10.2. The molecule has 1 rings (SSSR count). The van der Waals surface area contributed by atoms with Gasteiger partial charge in [0, 0.05) is 11.0 Å². The summed E-state index contributed by atoms with van der Waals surface area (Å²) in [4.78, 5) is 12.8. The Kier molecular flexibility index (Phi) is 2.54. The van der Waals surface area contributed by atoms with Crippen molar-refractivity contribution in [3.8, 4) is 5.75 Å². The standard InChI is InChI=1S/C7H4FN3O3/c8-4-2-6(12)5(10-11-9)1-3(4)7(13)14/h1-2,12H,(H,13,14). The van der Waals surface area contributed by atoms with E-state index in [1.54, 1.807) is 0 Å². The minimum Gasteiger partial charge on any atom is -0.507 e. The molecule has 0 aliphatic rings. The quantitative estimate of drug-likeness (QED) is 0.431. The van der Waals surface area contributed by atoms with Gasteiger partial charge in [-0.05, 0) is 11.6 Å². The first-order valence-corrected chi connectivity index (χ1v) is 3.37. The van der Waals surface area contributed by atoms with Crippen LogP contribution in [0.25, 0.3) is 10.4 Å². The van der Waals surface area contributed by atoms with Gasteiger partial charge in [0.2, 0.25) is 0 Å². The number of phenols is 1. The topological polar surface area (TPSA) is 106 Å². The predicted octanol–water partition coefficient (Wildman–Crippen LogP) is 2.17. The van der Waals surface area contributed by atoms with E-state index in [0.29, 0.717) is 6.07 Å². The molecule has 0 aliphatic carbocycles. The van der Waals surface area contributed by atoms with E-state index in [1.165, 1.54) is 0 Å². The summed E-state index contributed by atoms with van der Waals surface area (Å²) < 4.78 is 12.8. The number of carbonyl (C=O) groups is 1. The van der Waals surface area contributed by atoms with Crippen LogP contribution in [0.4, 0.5) is 10.1 Å². The Labute approximate surface area is 76.8 Å². The molecular weight excluding hydrogens is 193 g/mol. The normalized spacial score (nSPS) is 9.21. The fraction of sp³-hybridized carbons (Fsp3) is 0. The first-order valence-electron chi connectivity index (χ1n) is 3.37. The summed E-state index contributed by atoms with van der Waals surface area (Å²) in [6, 6.07) is 1.33. The average molecular weight is 197 g/mol. The zero-order valence-corrected chi connectivity index (χ0v) is 6.68. The third-order valence-corrected chi connectivity index (χ3v) is 1.45. The second-order valence-electron chi connectivity index (χ2n) is 2.32. The van der Waals surface area contributed by atoms with Gasteiger partial charge in [-0.25, -0.2) is 9.18 Å². The highest BCUT2D eigenvalue weighted by Gasteiger charge is 2.13. The van der Waals surface area contributed by atoms with Crippen molar-refractivity contribution in [2.24, 2.45) is 5.11 Å². The number of benzene rings is 1. The molecule has 0 radical (unpaired) electrons. The van der Waals surface area contributed by atoms with Gasteiger partial charge < -0.3 is 10.2 Å². The van der Waals surface area contributed by atoms with Crippen LogP contribution in [0.1, 0.15) is 10.4 Å². The van der Waals surface area contributed by atoms with Crippen molar-refractivity contribution >= 4 is 11.7 Å². The maximum Gasteiger partial charge on any atom is 0.338 e. The maximum atomic E-state index is 12.8. The SMILES string of the molecule is [N-]=[N+]=Nc1cc(C(=O)O)c(F)cc1O. The molecule has 0 aromatic heterocycles. The van der Waals surface area contributed by atoms with Gasteiger partial charge in [-0.3, -0.25) is 0 Å². The van der Waals surface area contributed by atoms with Crippen LogP contribution in [-0.2, 0) is 0 Å². The van der Waals surface area contributed by atoms with Crippen molar-refractivity contribution in [1.82, 2.24) is 0 Å². The van der Waals surface area contributed by atoms with Crippen molar-refractivity contribution in [3.63, 3.8) is 0 Å². The largest absolute Gasteiger partial charge is 0.507 e. The molecular formula is C7H4FN3O3. The number of aromatic hydroxyl groups is 1. The highest BCUT2D eigenvalue weighted by Crippen LogP contribution is 2.29. The molecule has 0 saturated heterocycles. The molecule has 1 aromatic rings. The monoisotopic (exact) mass is 197 g/mol. The number of azide groups is 1. The van der Waals surface area contributed by atoms with Crippen molar-refractivity contribution in [1.29, 1.82) is 0 Å². The lowest BCUT2D eigenvalue weighted by Crippen LogP contribution is -1.99. The van der Waals surface area contributed by atoms with Crippen LogP contribution in [0.5, 0.6) is 5.75 Å². The smallest absolute Gasteiger partial charge is 0.338 e. The molecule has 2 N–H and O–H groups in total. The summed E-state index contributed by atoms with van der Waals surface area (Å²) in [5.41, 5.74) is 7.06. The number of nitrogens with zero attached hydrogens (tertiary/aromatic N) is 3. The van der Waals surface area contributed by atoms with Crippen molar-refractivity contribution < 1.29 is 19.4 Å². The Hall–Kier alpha value is -2.27. The van der Waals surface area contributed by atoms with Crippen LogP contribution >= 0.6 is 0 Å². The third kappa shape index (κ3) is 1.73. The van der Waals surface area contributed by atoms with Crippen LogP contribution in [0.3, 0.4) is 0 Å². The summed E-state index contributed by atoms with van der Waals surface area (Å²) in [6.07, 6.45) is 0. The van der Waals surface area contributed by atoms with E-state index in [4.69, 9.17) is 15.7 Å². The molecule has 0 atom stereocenters. The van der Waals surface area contributed by atoms with E-state index in [9.17, 15) is 9.18 Å². The van der Waals surface area contributed by atoms with Crippen LogP contribution in [-0.4, -0.2) is 16.2 Å². The number of rotatable bonds is 2. The predicted molar refractivity (Wildman–Crippen MR) is 43.8 cm³/mol. The Morgan fingerprint density at radius 1 is 1.57 bits per heavy atom. The zero-order valence-electron chi connectivity index (χ0n) is 6.68. The Balaban J connectivity index is 3.41. The summed E-state index contributed by atoms with van der Waals surface area (Å²) in [7, 11) is 0. The molecule has 0 amide bonds. The Morgan fingerprint density at radius 3 is 2.71 bits per heavy atom. The van der Waals surface area contributed by atoms with E-state index < -0.39 is 23.1 Å². The molecule has 0 bridgehead atoms. The van der Waals surface area contributed by atoms with Gasteiger partial charge in [0.05, 0.1) is 11.3 Å². The van der Waals surface area contributed by atoms with E-state index >= 15 is 0 Å². The van der Waals surface area contributed by atoms with Gasteiger partial charge >= 0.3 is 5.97 Å². The fourth-order valence-electron chi connectivity index (χ4n) is 0.843. The molecule has 0 unspecified atom stereocenters. The van der Waals surface area contributed by atoms with Crippen molar-refractivity contribution in [3.05, 3.63) is 34.0 Å². The lowest BCUT2D eigenvalue weighted by Gasteiger charge is -2.01. The maximum absolute atomic E-state index is 12.8. The second-order valence-corrected chi connectivity index (χ2v) is 2.32. The van der Waals surface area contributed by atoms with Gasteiger partial charge in [-0.1, -0.05) is 5.11 Å². The summed E-state index contributed by atoms with van der Waals surface area (Å²) in [5, 5.41) is 20.5. The number of hydrogen-bond acceptors (Lipinski definition) is 3. The van der Waals surface area contributed by atoms with Crippen molar-refractivity contribution in [2.75, 3.05) is 0 Å². The van der Waals surface area contributed by atoms with Crippen LogP contribution < -0.4 is 0 Å². The Bertz CT molecular complexity index is 417. The molecule has 0 fully saturated rings. The molecule has 6 nitrogen and oxygen atoms in total. The number of carboxylic acid groups (broad SMARTS) is 1. The first kappa shape index (κ1) is 9.82. The van der Waals surface area contributed by atoms with Gasteiger partial charge in [0.1, 0.15) is 11.6 Å². The van der Waals surface area contributed by atoms with Crippen LogP contribution in [0, 0.1) is 5.82 Å². The average Bonchev–Trinajstić information content (AvgIpc) is 2.09. The fourth-order valence-corrected chi connectivity index (χ4v) is 0.843. The number of aromatic carboxylic acids is 1. The number of hydrogen-bond donors (Lipinski definition) is 2. The van der Waals surface area contributed by atoms with Crippen LogP contribution in [0.2, 0.25) is 0 Å². The second kappa shape index (κ2) is 3.63. The molecule has 0 aliphatic heterocycles. The molecule has 0 spiro atoms. The van der Waals surface area contributed by atoms with Gasteiger partial charge in [0.25, 0.3) is 0 Å². The number of carboxylic acids is 1. The van der Waals surface area contributed by atoms with Gasteiger partial charge in [-0.2, -0.15) is 0 Å². The molecule has 72 valence electrons.